The van der Waals surface area contributed by atoms with Crippen LogP contribution in [0.5, 0.6) is 0 Å². The average Bonchev–Trinajstić information content (AvgIpc) is 2.74. The second kappa shape index (κ2) is 4.45. The van der Waals surface area contributed by atoms with Gasteiger partial charge in [0, 0.05) is 17.9 Å². The summed E-state index contributed by atoms with van der Waals surface area (Å²) in [5, 5.41) is 9.21. The SMILES string of the molecule is c1ccn2c(CC3CCCCS3)nnc2c1. The summed E-state index contributed by atoms with van der Waals surface area (Å²) >= 11 is 2.09. The maximum atomic E-state index is 4.29. The molecular weight excluding hydrogens is 218 g/mol. The summed E-state index contributed by atoms with van der Waals surface area (Å²) < 4.78 is 2.11. The highest BCUT2D eigenvalue weighted by Crippen LogP contribution is 2.27. The van der Waals surface area contributed by atoms with Crippen LogP contribution < -0.4 is 0 Å². The van der Waals surface area contributed by atoms with E-state index in [1.807, 2.05) is 18.2 Å². The molecule has 1 aliphatic heterocycles. The van der Waals surface area contributed by atoms with Crippen LogP contribution in [0.2, 0.25) is 0 Å². The Bertz CT molecular complexity index is 474. The van der Waals surface area contributed by atoms with Crippen LogP contribution in [0.4, 0.5) is 0 Å². The van der Waals surface area contributed by atoms with E-state index in [4.69, 9.17) is 0 Å². The molecule has 3 nitrogen and oxygen atoms in total. The highest BCUT2D eigenvalue weighted by atomic mass is 32.2. The van der Waals surface area contributed by atoms with Gasteiger partial charge < -0.3 is 0 Å². The fraction of sp³-hybridized carbons (Fsp3) is 0.500. The first-order chi connectivity index (χ1) is 7.93. The van der Waals surface area contributed by atoms with Gasteiger partial charge in [0.15, 0.2) is 5.65 Å². The summed E-state index contributed by atoms with van der Waals surface area (Å²) in [5.74, 6) is 2.41. The van der Waals surface area contributed by atoms with Crippen molar-refractivity contribution in [2.75, 3.05) is 5.75 Å². The molecule has 1 fully saturated rings. The molecule has 0 aromatic carbocycles. The molecule has 1 unspecified atom stereocenters. The van der Waals surface area contributed by atoms with Crippen molar-refractivity contribution in [3.8, 4) is 0 Å². The van der Waals surface area contributed by atoms with Crippen LogP contribution >= 0.6 is 11.8 Å². The van der Waals surface area contributed by atoms with Crippen LogP contribution in [0.15, 0.2) is 24.4 Å². The summed E-state index contributed by atoms with van der Waals surface area (Å²) in [6.07, 6.45) is 7.18. The van der Waals surface area contributed by atoms with Crippen LogP contribution in [0.25, 0.3) is 5.65 Å². The Labute approximate surface area is 99.3 Å². The molecule has 4 heteroatoms. The lowest BCUT2D eigenvalue weighted by atomic mass is 10.1. The minimum Gasteiger partial charge on any atom is -0.286 e. The highest BCUT2D eigenvalue weighted by molar-refractivity contribution is 7.99. The third-order valence-corrected chi connectivity index (χ3v) is 4.47. The lowest BCUT2D eigenvalue weighted by molar-refractivity contribution is 0.645. The van der Waals surface area contributed by atoms with Gasteiger partial charge in [-0.2, -0.15) is 11.8 Å². The standard InChI is InChI=1S/C12H15N3S/c1-3-7-15-11(6-1)13-14-12(15)9-10-5-2-4-8-16-10/h1,3,6-7,10H,2,4-5,8-9H2. The van der Waals surface area contributed by atoms with Gasteiger partial charge in [0.2, 0.25) is 0 Å². The molecule has 0 saturated carbocycles. The van der Waals surface area contributed by atoms with Crippen molar-refractivity contribution in [3.05, 3.63) is 30.2 Å². The van der Waals surface area contributed by atoms with Crippen molar-refractivity contribution in [3.63, 3.8) is 0 Å². The van der Waals surface area contributed by atoms with Crippen molar-refractivity contribution in [2.24, 2.45) is 0 Å². The van der Waals surface area contributed by atoms with E-state index in [9.17, 15) is 0 Å². The van der Waals surface area contributed by atoms with E-state index in [1.165, 1.54) is 25.0 Å². The second-order valence-corrected chi connectivity index (χ2v) is 5.65. The number of hydrogen-bond acceptors (Lipinski definition) is 3. The summed E-state index contributed by atoms with van der Waals surface area (Å²) in [7, 11) is 0. The number of fused-ring (bicyclic) bond motifs is 1. The molecule has 1 saturated heterocycles. The van der Waals surface area contributed by atoms with Gasteiger partial charge in [0.05, 0.1) is 0 Å². The Morgan fingerprint density at radius 3 is 3.19 bits per heavy atom. The van der Waals surface area contributed by atoms with Gasteiger partial charge >= 0.3 is 0 Å². The van der Waals surface area contributed by atoms with E-state index in [-0.39, 0.29) is 0 Å². The first-order valence-corrected chi connectivity index (χ1v) is 6.88. The van der Waals surface area contributed by atoms with Gasteiger partial charge in [-0.05, 0) is 30.7 Å². The summed E-state index contributed by atoms with van der Waals surface area (Å²) in [5.41, 5.74) is 0.957. The Morgan fingerprint density at radius 1 is 1.31 bits per heavy atom. The lowest BCUT2D eigenvalue weighted by Crippen LogP contribution is -2.14. The highest BCUT2D eigenvalue weighted by Gasteiger charge is 2.17. The molecule has 16 heavy (non-hydrogen) atoms. The zero-order valence-corrected chi connectivity index (χ0v) is 9.99. The first kappa shape index (κ1) is 10.1. The molecule has 3 heterocycles. The van der Waals surface area contributed by atoms with Crippen LogP contribution in [-0.2, 0) is 6.42 Å². The van der Waals surface area contributed by atoms with Gasteiger partial charge in [-0.1, -0.05) is 12.5 Å². The van der Waals surface area contributed by atoms with E-state index in [0.717, 1.165) is 23.1 Å². The molecule has 0 radical (unpaired) electrons. The Morgan fingerprint density at radius 2 is 2.31 bits per heavy atom. The van der Waals surface area contributed by atoms with Gasteiger partial charge in [-0.3, -0.25) is 4.40 Å². The Hall–Kier alpha value is -1.03. The quantitative estimate of drug-likeness (QED) is 0.798. The molecule has 3 rings (SSSR count). The van der Waals surface area contributed by atoms with Crippen molar-refractivity contribution in [1.82, 2.24) is 14.6 Å². The van der Waals surface area contributed by atoms with Crippen molar-refractivity contribution < 1.29 is 0 Å². The molecule has 1 aliphatic rings. The maximum absolute atomic E-state index is 4.29. The molecular formula is C12H15N3S. The molecule has 84 valence electrons. The van der Waals surface area contributed by atoms with Crippen LogP contribution in [0, 0.1) is 0 Å². The number of nitrogens with zero attached hydrogens (tertiary/aromatic N) is 3. The minimum atomic E-state index is 0.737. The predicted octanol–water partition coefficient (Wildman–Crippen LogP) is 2.56. The third kappa shape index (κ3) is 1.94. The van der Waals surface area contributed by atoms with Crippen molar-refractivity contribution in [2.45, 2.75) is 30.9 Å². The largest absolute Gasteiger partial charge is 0.286 e. The van der Waals surface area contributed by atoms with Crippen LogP contribution in [0.3, 0.4) is 0 Å². The van der Waals surface area contributed by atoms with E-state index in [1.54, 1.807) is 0 Å². The van der Waals surface area contributed by atoms with Gasteiger partial charge in [-0.15, -0.1) is 10.2 Å². The molecule has 0 amide bonds. The Kier molecular flexibility index (Phi) is 2.82. The van der Waals surface area contributed by atoms with Gasteiger partial charge in [-0.25, -0.2) is 0 Å². The third-order valence-electron chi connectivity index (χ3n) is 3.07. The molecule has 0 bridgehead atoms. The normalized spacial score (nSPS) is 21.4. The second-order valence-electron chi connectivity index (χ2n) is 4.24. The summed E-state index contributed by atoms with van der Waals surface area (Å²) in [4.78, 5) is 0. The van der Waals surface area contributed by atoms with Gasteiger partial charge in [0.1, 0.15) is 5.82 Å². The number of pyridine rings is 1. The fourth-order valence-electron chi connectivity index (χ4n) is 2.20. The zero-order chi connectivity index (χ0) is 10.8. The molecule has 2 aromatic heterocycles. The topological polar surface area (TPSA) is 30.2 Å². The average molecular weight is 233 g/mol. The molecule has 0 N–H and O–H groups in total. The fourth-order valence-corrected chi connectivity index (χ4v) is 3.51. The van der Waals surface area contributed by atoms with Crippen molar-refractivity contribution >= 4 is 17.4 Å². The Balaban J connectivity index is 1.83. The predicted molar refractivity (Wildman–Crippen MR) is 66.8 cm³/mol. The number of hydrogen-bond donors (Lipinski definition) is 0. The van der Waals surface area contributed by atoms with E-state index in [2.05, 4.69) is 32.6 Å². The van der Waals surface area contributed by atoms with E-state index >= 15 is 0 Å². The molecule has 0 spiro atoms. The minimum absolute atomic E-state index is 0.737. The van der Waals surface area contributed by atoms with Crippen LogP contribution in [0.1, 0.15) is 25.1 Å². The maximum Gasteiger partial charge on any atom is 0.160 e. The summed E-state index contributed by atoms with van der Waals surface area (Å²) in [6, 6.07) is 6.04. The summed E-state index contributed by atoms with van der Waals surface area (Å²) in [6.45, 7) is 0. The van der Waals surface area contributed by atoms with Gasteiger partial charge in [0.25, 0.3) is 0 Å². The van der Waals surface area contributed by atoms with E-state index < -0.39 is 0 Å². The monoisotopic (exact) mass is 233 g/mol. The number of rotatable bonds is 2. The first-order valence-electron chi connectivity index (χ1n) is 5.84. The van der Waals surface area contributed by atoms with Crippen LogP contribution in [-0.4, -0.2) is 25.6 Å². The van der Waals surface area contributed by atoms with E-state index in [0.29, 0.717) is 0 Å². The molecule has 0 aliphatic carbocycles. The molecule has 1 atom stereocenters. The smallest absolute Gasteiger partial charge is 0.160 e. The lowest BCUT2D eigenvalue weighted by Gasteiger charge is -2.20. The number of aromatic nitrogens is 3. The van der Waals surface area contributed by atoms with Crippen molar-refractivity contribution in [1.29, 1.82) is 0 Å². The number of thioether (sulfide) groups is 1. The zero-order valence-electron chi connectivity index (χ0n) is 9.17. The molecule has 2 aromatic rings.